The summed E-state index contributed by atoms with van der Waals surface area (Å²) in [5.41, 5.74) is 0. The zero-order valence-electron chi connectivity index (χ0n) is 5.96. The number of carbonyl (C=O) groups is 1. The van der Waals surface area contributed by atoms with E-state index in [1.807, 2.05) is 13.8 Å². The van der Waals surface area contributed by atoms with E-state index in [4.69, 9.17) is 0 Å². The van der Waals surface area contributed by atoms with Crippen molar-refractivity contribution in [1.29, 1.82) is 0 Å². The highest BCUT2D eigenvalue weighted by molar-refractivity contribution is 5.55. The molecule has 0 amide bonds. The molecule has 0 spiro atoms. The van der Waals surface area contributed by atoms with Gasteiger partial charge in [-0.2, -0.15) is 0 Å². The summed E-state index contributed by atoms with van der Waals surface area (Å²) in [5.74, 6) is 0.529. The normalized spacial score (nSPS) is 13.8. The SMILES string of the molecule is CC(C)CCC([O])C=O. The van der Waals surface area contributed by atoms with Gasteiger partial charge in [0.15, 0.2) is 6.29 Å². The monoisotopic (exact) mass is 129 g/mol. The zero-order chi connectivity index (χ0) is 7.28. The maximum atomic E-state index is 10.4. The van der Waals surface area contributed by atoms with E-state index in [1.54, 1.807) is 0 Å². The van der Waals surface area contributed by atoms with Crippen LogP contribution in [0, 0.1) is 5.92 Å². The first kappa shape index (κ1) is 8.63. The van der Waals surface area contributed by atoms with Gasteiger partial charge in [-0.05, 0) is 18.8 Å². The van der Waals surface area contributed by atoms with Crippen LogP contribution in [0.3, 0.4) is 0 Å². The fraction of sp³-hybridized carbons (Fsp3) is 0.857. The van der Waals surface area contributed by atoms with Gasteiger partial charge in [0.05, 0.1) is 0 Å². The third-order valence-electron chi connectivity index (χ3n) is 1.18. The largest absolute Gasteiger partial charge is 0.300 e. The number of hydrogen-bond acceptors (Lipinski definition) is 1. The van der Waals surface area contributed by atoms with Crippen LogP contribution in [0.25, 0.3) is 0 Å². The summed E-state index contributed by atoms with van der Waals surface area (Å²) in [6.45, 7) is 4.08. The fourth-order valence-electron chi connectivity index (χ4n) is 0.566. The molecule has 0 aromatic heterocycles. The lowest BCUT2D eigenvalue weighted by atomic mass is 10.1. The van der Waals surface area contributed by atoms with Crippen LogP contribution >= 0.6 is 0 Å². The maximum absolute atomic E-state index is 10.4. The van der Waals surface area contributed by atoms with E-state index in [1.165, 1.54) is 0 Å². The molecule has 0 aromatic rings. The Morgan fingerprint density at radius 2 is 1.89 bits per heavy atom. The molecular formula is C7H13O2. The van der Waals surface area contributed by atoms with E-state index in [2.05, 4.69) is 0 Å². The Bertz CT molecular complexity index is 79.0. The van der Waals surface area contributed by atoms with Gasteiger partial charge in [0, 0.05) is 0 Å². The molecule has 53 valence electrons. The van der Waals surface area contributed by atoms with Gasteiger partial charge in [-0.15, -0.1) is 0 Å². The lowest BCUT2D eigenvalue weighted by molar-refractivity contribution is -0.118. The van der Waals surface area contributed by atoms with Gasteiger partial charge in [0.1, 0.15) is 6.10 Å². The van der Waals surface area contributed by atoms with Crippen LogP contribution < -0.4 is 0 Å². The highest BCUT2D eigenvalue weighted by atomic mass is 16.3. The predicted octanol–water partition coefficient (Wildman–Crippen LogP) is 1.42. The maximum Gasteiger partial charge on any atom is 0.152 e. The van der Waals surface area contributed by atoms with Crippen molar-refractivity contribution in [1.82, 2.24) is 0 Å². The van der Waals surface area contributed by atoms with Crippen molar-refractivity contribution in [3.8, 4) is 0 Å². The first-order chi connectivity index (χ1) is 4.16. The molecular weight excluding hydrogens is 116 g/mol. The molecule has 0 N–H and O–H groups in total. The Hall–Kier alpha value is -0.370. The van der Waals surface area contributed by atoms with Gasteiger partial charge < -0.3 is 4.79 Å². The smallest absolute Gasteiger partial charge is 0.152 e. The molecule has 1 unspecified atom stereocenters. The Morgan fingerprint density at radius 1 is 1.33 bits per heavy atom. The molecule has 0 aliphatic carbocycles. The van der Waals surface area contributed by atoms with Crippen LogP contribution in [0.2, 0.25) is 0 Å². The summed E-state index contributed by atoms with van der Waals surface area (Å²) >= 11 is 0. The topological polar surface area (TPSA) is 37.0 Å². The Labute approximate surface area is 55.9 Å². The van der Waals surface area contributed by atoms with Gasteiger partial charge in [-0.25, -0.2) is 5.11 Å². The van der Waals surface area contributed by atoms with Crippen LogP contribution in [-0.2, 0) is 9.90 Å². The number of carbonyl (C=O) groups excluding carboxylic acids is 1. The third-order valence-corrected chi connectivity index (χ3v) is 1.18. The molecule has 2 nitrogen and oxygen atoms in total. The third kappa shape index (κ3) is 5.50. The van der Waals surface area contributed by atoms with E-state index < -0.39 is 6.10 Å². The number of hydrogen-bond donors (Lipinski definition) is 0. The molecule has 2 heteroatoms. The molecule has 0 rings (SSSR count). The summed E-state index contributed by atoms with van der Waals surface area (Å²) in [5, 5.41) is 10.4. The van der Waals surface area contributed by atoms with E-state index >= 15 is 0 Å². The highest BCUT2D eigenvalue weighted by Gasteiger charge is 2.03. The van der Waals surface area contributed by atoms with Gasteiger partial charge in [0.25, 0.3) is 0 Å². The van der Waals surface area contributed by atoms with Crippen LogP contribution in [0.5, 0.6) is 0 Å². The quantitative estimate of drug-likeness (QED) is 0.529. The lowest BCUT2D eigenvalue weighted by Gasteiger charge is -2.02. The van der Waals surface area contributed by atoms with Crippen molar-refractivity contribution in [3.63, 3.8) is 0 Å². The summed E-state index contributed by atoms with van der Waals surface area (Å²) in [6.07, 6.45) is 0.823. The van der Waals surface area contributed by atoms with E-state index in [0.29, 0.717) is 18.6 Å². The molecule has 0 saturated carbocycles. The zero-order valence-corrected chi connectivity index (χ0v) is 5.96. The van der Waals surface area contributed by atoms with E-state index in [9.17, 15) is 9.90 Å². The van der Waals surface area contributed by atoms with Gasteiger partial charge in [0.2, 0.25) is 0 Å². The number of rotatable bonds is 4. The first-order valence-corrected chi connectivity index (χ1v) is 3.28. The average Bonchev–Trinajstić information content (AvgIpc) is 1.83. The van der Waals surface area contributed by atoms with Crippen LogP contribution in [-0.4, -0.2) is 12.4 Å². The van der Waals surface area contributed by atoms with E-state index in [0.717, 1.165) is 6.42 Å². The summed E-state index contributed by atoms with van der Waals surface area (Å²) < 4.78 is 0. The summed E-state index contributed by atoms with van der Waals surface area (Å²) in [6, 6.07) is 0. The first-order valence-electron chi connectivity index (χ1n) is 3.28. The molecule has 0 aromatic carbocycles. The lowest BCUT2D eigenvalue weighted by Crippen LogP contribution is -2.06. The van der Waals surface area contributed by atoms with Gasteiger partial charge in [-0.3, -0.25) is 0 Å². The average molecular weight is 129 g/mol. The minimum absolute atomic E-state index is 0.475. The van der Waals surface area contributed by atoms with Gasteiger partial charge >= 0.3 is 0 Å². The molecule has 1 radical (unpaired) electrons. The van der Waals surface area contributed by atoms with Crippen molar-refractivity contribution in [3.05, 3.63) is 0 Å². The standard InChI is InChI=1S/C7H13O2/c1-6(2)3-4-7(9)5-8/h5-7H,3-4H2,1-2H3. The molecule has 0 bridgehead atoms. The van der Waals surface area contributed by atoms with Crippen molar-refractivity contribution < 1.29 is 9.90 Å². The van der Waals surface area contributed by atoms with Crippen molar-refractivity contribution >= 4 is 6.29 Å². The highest BCUT2D eigenvalue weighted by Crippen LogP contribution is 2.05. The molecule has 1 atom stereocenters. The molecule has 0 aliphatic rings. The minimum atomic E-state index is -0.993. The second kappa shape index (κ2) is 4.50. The van der Waals surface area contributed by atoms with Crippen LogP contribution in [0.1, 0.15) is 26.7 Å². The Kier molecular flexibility index (Phi) is 4.32. The summed E-state index contributed by atoms with van der Waals surface area (Å²) in [4.78, 5) is 9.80. The summed E-state index contributed by atoms with van der Waals surface area (Å²) in [7, 11) is 0. The molecule has 9 heavy (non-hydrogen) atoms. The molecule has 0 aliphatic heterocycles. The minimum Gasteiger partial charge on any atom is -0.300 e. The predicted molar refractivity (Wildman–Crippen MR) is 34.6 cm³/mol. The van der Waals surface area contributed by atoms with Crippen LogP contribution in [0.4, 0.5) is 0 Å². The Balaban J connectivity index is 3.16. The second-order valence-corrected chi connectivity index (χ2v) is 2.65. The molecule has 0 saturated heterocycles. The van der Waals surface area contributed by atoms with Crippen molar-refractivity contribution in [2.24, 2.45) is 5.92 Å². The fourth-order valence-corrected chi connectivity index (χ4v) is 0.566. The van der Waals surface area contributed by atoms with Crippen LogP contribution in [0.15, 0.2) is 0 Å². The van der Waals surface area contributed by atoms with Crippen molar-refractivity contribution in [2.75, 3.05) is 0 Å². The molecule has 0 heterocycles. The molecule has 0 fully saturated rings. The number of aldehydes is 1. The second-order valence-electron chi connectivity index (χ2n) is 2.65. The van der Waals surface area contributed by atoms with Crippen molar-refractivity contribution in [2.45, 2.75) is 32.8 Å². The Morgan fingerprint density at radius 3 is 2.22 bits per heavy atom. The van der Waals surface area contributed by atoms with E-state index in [-0.39, 0.29) is 0 Å². The van der Waals surface area contributed by atoms with Gasteiger partial charge in [-0.1, -0.05) is 13.8 Å².